The van der Waals surface area contributed by atoms with Crippen LogP contribution in [0.3, 0.4) is 0 Å². The van der Waals surface area contributed by atoms with Crippen LogP contribution in [0.2, 0.25) is 0 Å². The van der Waals surface area contributed by atoms with Gasteiger partial charge in [-0.1, -0.05) is 0 Å². The molecule has 0 saturated carbocycles. The predicted molar refractivity (Wildman–Crippen MR) is 65.6 cm³/mol. The van der Waals surface area contributed by atoms with E-state index < -0.39 is 23.2 Å². The second kappa shape index (κ2) is 5.52. The molecule has 1 aromatic heterocycles. The maximum Gasteiger partial charge on any atom is 0.331 e. The van der Waals surface area contributed by atoms with Gasteiger partial charge in [0.2, 0.25) is 11.8 Å². The van der Waals surface area contributed by atoms with Crippen molar-refractivity contribution in [2.45, 2.75) is 26.8 Å². The van der Waals surface area contributed by atoms with Gasteiger partial charge in [0.1, 0.15) is 6.04 Å². The van der Waals surface area contributed by atoms with E-state index in [9.17, 15) is 19.5 Å². The van der Waals surface area contributed by atoms with Crippen LogP contribution < -0.4 is 11.2 Å². The Morgan fingerprint density at radius 2 is 2.00 bits per heavy atom. The van der Waals surface area contributed by atoms with Crippen LogP contribution in [-0.2, 0) is 4.79 Å². The molecule has 18 heavy (non-hydrogen) atoms. The molecule has 1 aromatic rings. The number of aromatic nitrogens is 2. The number of hydrogen-bond donors (Lipinski definition) is 2. The van der Waals surface area contributed by atoms with E-state index >= 15 is 0 Å². The van der Waals surface area contributed by atoms with Gasteiger partial charge in [-0.05, 0) is 20.8 Å². The lowest BCUT2D eigenvalue weighted by Gasteiger charge is -2.24. The van der Waals surface area contributed by atoms with Gasteiger partial charge in [-0.15, -0.1) is 0 Å². The van der Waals surface area contributed by atoms with Gasteiger partial charge in [-0.3, -0.25) is 19.1 Å². The quantitative estimate of drug-likeness (QED) is 0.770. The lowest BCUT2D eigenvalue weighted by atomic mass is 10.2. The smallest absolute Gasteiger partial charge is 0.331 e. The highest BCUT2D eigenvalue weighted by Crippen LogP contribution is 2.13. The number of nitrogens with zero attached hydrogens (tertiary/aromatic N) is 2. The van der Waals surface area contributed by atoms with Gasteiger partial charge in [0.05, 0.1) is 6.07 Å². The molecule has 0 bridgehead atoms. The number of nitrogens with one attached hydrogen (secondary N) is 1. The number of rotatable bonds is 4. The van der Waals surface area contributed by atoms with Gasteiger partial charge >= 0.3 is 5.69 Å². The molecule has 7 heteroatoms. The van der Waals surface area contributed by atoms with Crippen LogP contribution in [0.25, 0.3) is 0 Å². The minimum atomic E-state index is -0.866. The first-order valence-corrected chi connectivity index (χ1v) is 5.76. The summed E-state index contributed by atoms with van der Waals surface area (Å²) >= 11 is 0. The van der Waals surface area contributed by atoms with Crippen molar-refractivity contribution in [1.82, 2.24) is 14.5 Å². The molecule has 1 heterocycles. The fourth-order valence-electron chi connectivity index (χ4n) is 1.78. The van der Waals surface area contributed by atoms with Gasteiger partial charge < -0.3 is 10.0 Å². The summed E-state index contributed by atoms with van der Waals surface area (Å²) in [6.45, 7) is 6.17. The lowest BCUT2D eigenvalue weighted by molar-refractivity contribution is -0.134. The van der Waals surface area contributed by atoms with Crippen molar-refractivity contribution >= 4 is 5.91 Å². The van der Waals surface area contributed by atoms with Gasteiger partial charge in [0.15, 0.2) is 0 Å². The van der Waals surface area contributed by atoms with E-state index in [0.717, 1.165) is 10.6 Å². The van der Waals surface area contributed by atoms with Crippen molar-refractivity contribution in [3.8, 4) is 5.88 Å². The molecule has 0 saturated heterocycles. The van der Waals surface area contributed by atoms with Crippen molar-refractivity contribution in [1.29, 1.82) is 0 Å². The van der Waals surface area contributed by atoms with Crippen LogP contribution >= 0.6 is 0 Å². The summed E-state index contributed by atoms with van der Waals surface area (Å²) in [5.74, 6) is -0.804. The van der Waals surface area contributed by atoms with Crippen LogP contribution in [0.5, 0.6) is 5.88 Å². The predicted octanol–water partition coefficient (Wildman–Crippen LogP) is -0.328. The fraction of sp³-hybridized carbons (Fsp3) is 0.545. The molecule has 0 radical (unpaired) electrons. The maximum absolute atomic E-state index is 12.1. The highest BCUT2D eigenvalue weighted by atomic mass is 16.3. The van der Waals surface area contributed by atoms with Gasteiger partial charge in [0.25, 0.3) is 5.56 Å². The number of carbonyl (C=O) groups is 1. The Hall–Kier alpha value is -2.05. The van der Waals surface area contributed by atoms with Crippen LogP contribution in [0.15, 0.2) is 15.7 Å². The summed E-state index contributed by atoms with van der Waals surface area (Å²) in [5, 5.41) is 9.59. The van der Waals surface area contributed by atoms with E-state index in [0.29, 0.717) is 13.1 Å². The second-order valence-corrected chi connectivity index (χ2v) is 3.85. The number of carbonyl (C=O) groups excluding carboxylic acids is 1. The van der Waals surface area contributed by atoms with E-state index in [4.69, 9.17) is 0 Å². The average Bonchev–Trinajstić information content (AvgIpc) is 2.28. The molecule has 100 valence electrons. The standard InChI is InChI=1S/C11H17N3O4/c1-4-13(5-2)10(17)7(3)14-9(16)6-8(15)12-11(14)18/h6-7,16H,4-5H2,1-3H3,(H,12,15,18). The largest absolute Gasteiger partial charge is 0.494 e. The molecule has 0 aliphatic rings. The molecular formula is C11H17N3O4. The zero-order chi connectivity index (χ0) is 13.9. The maximum atomic E-state index is 12.1. The van der Waals surface area contributed by atoms with Crippen molar-refractivity contribution in [3.63, 3.8) is 0 Å². The van der Waals surface area contributed by atoms with E-state index in [-0.39, 0.29) is 5.91 Å². The third-order valence-electron chi connectivity index (χ3n) is 2.78. The van der Waals surface area contributed by atoms with E-state index in [1.54, 1.807) is 4.90 Å². The Morgan fingerprint density at radius 1 is 1.44 bits per heavy atom. The van der Waals surface area contributed by atoms with E-state index in [2.05, 4.69) is 0 Å². The molecule has 7 nitrogen and oxygen atoms in total. The number of amides is 1. The van der Waals surface area contributed by atoms with Gasteiger partial charge in [-0.25, -0.2) is 4.79 Å². The summed E-state index contributed by atoms with van der Waals surface area (Å²) in [5.41, 5.74) is -1.50. The Kier molecular flexibility index (Phi) is 4.30. The second-order valence-electron chi connectivity index (χ2n) is 3.85. The molecule has 1 rings (SSSR count). The first-order valence-electron chi connectivity index (χ1n) is 5.76. The molecule has 2 N–H and O–H groups in total. The Morgan fingerprint density at radius 3 is 2.44 bits per heavy atom. The lowest BCUT2D eigenvalue weighted by Crippen LogP contribution is -2.40. The Labute approximate surface area is 104 Å². The molecule has 1 atom stereocenters. The zero-order valence-corrected chi connectivity index (χ0v) is 10.6. The van der Waals surface area contributed by atoms with Crippen molar-refractivity contribution in [2.75, 3.05) is 13.1 Å². The van der Waals surface area contributed by atoms with Gasteiger partial charge in [0, 0.05) is 13.1 Å². The SMILES string of the molecule is CCN(CC)C(=O)C(C)n1c(O)cc(=O)[nH]c1=O. The van der Waals surface area contributed by atoms with Gasteiger partial charge in [-0.2, -0.15) is 0 Å². The average molecular weight is 255 g/mol. The molecule has 1 amide bonds. The highest BCUT2D eigenvalue weighted by Gasteiger charge is 2.23. The molecular weight excluding hydrogens is 238 g/mol. The summed E-state index contributed by atoms with van der Waals surface area (Å²) in [6, 6.07) is 0.00203. The summed E-state index contributed by atoms with van der Waals surface area (Å²) < 4.78 is 0.863. The van der Waals surface area contributed by atoms with Crippen molar-refractivity contribution in [3.05, 3.63) is 26.9 Å². The monoisotopic (exact) mass is 255 g/mol. The molecule has 0 aromatic carbocycles. The van der Waals surface area contributed by atoms with Crippen LogP contribution in [-0.4, -0.2) is 38.6 Å². The van der Waals surface area contributed by atoms with Crippen LogP contribution in [0.1, 0.15) is 26.8 Å². The normalized spacial score (nSPS) is 12.2. The summed E-state index contributed by atoms with van der Waals surface area (Å²) in [6.07, 6.45) is 0. The molecule has 0 aliphatic carbocycles. The minimum absolute atomic E-state index is 0.288. The number of hydrogen-bond acceptors (Lipinski definition) is 4. The van der Waals surface area contributed by atoms with E-state index in [1.165, 1.54) is 6.92 Å². The first-order chi connectivity index (χ1) is 8.42. The topological polar surface area (TPSA) is 95.4 Å². The summed E-state index contributed by atoms with van der Waals surface area (Å²) in [7, 11) is 0. The third-order valence-corrected chi connectivity index (χ3v) is 2.78. The van der Waals surface area contributed by atoms with Crippen molar-refractivity contribution in [2.24, 2.45) is 0 Å². The number of likely N-dealkylation sites (N-methyl/N-ethyl adjacent to an activating group) is 1. The number of aromatic hydroxyl groups is 1. The molecule has 0 aliphatic heterocycles. The molecule has 0 spiro atoms. The van der Waals surface area contributed by atoms with Crippen molar-refractivity contribution < 1.29 is 9.90 Å². The van der Waals surface area contributed by atoms with Crippen LogP contribution in [0, 0.1) is 0 Å². The summed E-state index contributed by atoms with van der Waals surface area (Å²) in [4.78, 5) is 38.2. The zero-order valence-electron chi connectivity index (χ0n) is 10.6. The Balaban J connectivity index is 3.19. The highest BCUT2D eigenvalue weighted by molar-refractivity contribution is 5.80. The third kappa shape index (κ3) is 2.61. The first kappa shape index (κ1) is 14.0. The minimum Gasteiger partial charge on any atom is -0.494 e. The fourth-order valence-corrected chi connectivity index (χ4v) is 1.78. The number of aromatic amines is 1. The number of H-pyrrole nitrogens is 1. The molecule has 1 unspecified atom stereocenters. The van der Waals surface area contributed by atoms with Crippen LogP contribution in [0.4, 0.5) is 0 Å². The van der Waals surface area contributed by atoms with E-state index in [1.807, 2.05) is 18.8 Å². The molecule has 0 fully saturated rings. The Bertz CT molecular complexity index is 542.